The number of nitrogens with two attached hydrogens (primary N) is 1. The maximum atomic E-state index is 14.4. The zero-order chi connectivity index (χ0) is 22.3. The number of aromatic nitrogens is 3. The van der Waals surface area contributed by atoms with Crippen LogP contribution in [0.1, 0.15) is 24.6 Å². The van der Waals surface area contributed by atoms with E-state index in [0.29, 0.717) is 4.68 Å². The van der Waals surface area contributed by atoms with Gasteiger partial charge in [0.25, 0.3) is 6.02 Å². The Kier molecular flexibility index (Phi) is 5.11. The van der Waals surface area contributed by atoms with Crippen molar-refractivity contribution in [3.8, 4) is 22.7 Å². The largest absolute Gasteiger partial charge is 0.452 e. The Morgan fingerprint density at radius 1 is 1.13 bits per heavy atom. The Balaban J connectivity index is 1.64. The van der Waals surface area contributed by atoms with Crippen molar-refractivity contribution >= 4 is 6.02 Å². The third-order valence-corrected chi connectivity index (χ3v) is 4.57. The number of hydrogen-bond acceptors (Lipinski definition) is 6. The van der Waals surface area contributed by atoms with Crippen molar-refractivity contribution in [3.05, 3.63) is 47.9 Å². The molecule has 0 saturated carbocycles. The van der Waals surface area contributed by atoms with E-state index in [1.165, 1.54) is 24.3 Å². The molecule has 13 heteroatoms. The molecule has 2 aromatic heterocycles. The topological polar surface area (TPSA) is 91.5 Å². The normalized spacial score (nSPS) is 19.4. The first-order valence-electron chi connectivity index (χ1n) is 8.78. The van der Waals surface area contributed by atoms with E-state index in [2.05, 4.69) is 20.0 Å². The molecule has 1 aliphatic rings. The fourth-order valence-corrected chi connectivity index (χ4v) is 3.10. The minimum Gasteiger partial charge on any atom is -0.452 e. The highest BCUT2D eigenvalue weighted by Crippen LogP contribution is 2.37. The van der Waals surface area contributed by atoms with E-state index in [1.54, 1.807) is 0 Å². The molecular weight excluding hydrogens is 432 g/mol. The van der Waals surface area contributed by atoms with Crippen LogP contribution in [0.4, 0.5) is 26.3 Å². The summed E-state index contributed by atoms with van der Waals surface area (Å²) in [6, 6.07) is 4.40. The summed E-state index contributed by atoms with van der Waals surface area (Å²) in [6.45, 7) is -2.83. The molecule has 0 aliphatic carbocycles. The quantitative estimate of drug-likeness (QED) is 0.600. The minimum atomic E-state index is -4.70. The van der Waals surface area contributed by atoms with Gasteiger partial charge in [-0.25, -0.2) is 14.1 Å². The van der Waals surface area contributed by atoms with Crippen molar-refractivity contribution in [1.82, 2.24) is 14.9 Å². The zero-order valence-electron chi connectivity index (χ0n) is 15.4. The van der Waals surface area contributed by atoms with Crippen molar-refractivity contribution in [3.63, 3.8) is 0 Å². The standard InChI is InChI=1S/C18H13F6N5O2/c19-10-2-1-8(5-9(10)12-7-15(18(22,23)24)30-17(25)26-12)14-6-13(28-31-14)11-3-4-29(27-11)16(20)21/h1-6,12,15-16H,7H2,(H2,25,26)/t12?,15-/m0/s1. The highest BCUT2D eigenvalue weighted by molar-refractivity contribution is 5.73. The molecule has 0 radical (unpaired) electrons. The monoisotopic (exact) mass is 445 g/mol. The molecule has 1 unspecified atom stereocenters. The summed E-state index contributed by atoms with van der Waals surface area (Å²) in [5, 5.41) is 7.41. The Morgan fingerprint density at radius 2 is 1.90 bits per heavy atom. The van der Waals surface area contributed by atoms with Gasteiger partial charge >= 0.3 is 12.7 Å². The molecule has 3 heterocycles. The molecule has 0 spiro atoms. The van der Waals surface area contributed by atoms with Crippen molar-refractivity contribution < 1.29 is 35.6 Å². The smallest absolute Gasteiger partial charge is 0.425 e. The van der Waals surface area contributed by atoms with Gasteiger partial charge in [-0.15, -0.1) is 0 Å². The first kappa shape index (κ1) is 20.8. The van der Waals surface area contributed by atoms with Crippen LogP contribution in [0.5, 0.6) is 0 Å². The number of nitrogens with zero attached hydrogens (tertiary/aromatic N) is 4. The van der Waals surface area contributed by atoms with Crippen LogP contribution >= 0.6 is 0 Å². The van der Waals surface area contributed by atoms with Gasteiger partial charge in [-0.05, 0) is 24.3 Å². The van der Waals surface area contributed by atoms with Gasteiger partial charge in [-0.3, -0.25) is 0 Å². The maximum Gasteiger partial charge on any atom is 0.425 e. The molecule has 2 atom stereocenters. The summed E-state index contributed by atoms with van der Waals surface area (Å²) in [5.41, 5.74) is 5.76. The number of halogens is 6. The van der Waals surface area contributed by atoms with Crippen LogP contribution in [-0.2, 0) is 4.74 Å². The molecule has 1 aliphatic heterocycles. The Hall–Kier alpha value is -3.51. The number of alkyl halides is 5. The molecule has 31 heavy (non-hydrogen) atoms. The first-order chi connectivity index (χ1) is 14.6. The average Bonchev–Trinajstić information content (AvgIpc) is 3.37. The summed E-state index contributed by atoms with van der Waals surface area (Å²) in [5.74, 6) is -0.664. The van der Waals surface area contributed by atoms with Crippen LogP contribution in [0.2, 0.25) is 0 Å². The molecule has 2 N–H and O–H groups in total. The molecular formula is C18H13F6N5O2. The lowest BCUT2D eigenvalue weighted by Gasteiger charge is -2.28. The first-order valence-corrected chi connectivity index (χ1v) is 8.78. The minimum absolute atomic E-state index is 0.118. The fraction of sp³-hybridized carbons (Fsp3) is 0.278. The van der Waals surface area contributed by atoms with Crippen LogP contribution in [-0.4, -0.2) is 33.2 Å². The van der Waals surface area contributed by atoms with Crippen LogP contribution < -0.4 is 5.73 Å². The summed E-state index contributed by atoms with van der Waals surface area (Å²) in [6.07, 6.45) is -6.51. The van der Waals surface area contributed by atoms with Gasteiger partial charge in [-0.1, -0.05) is 5.16 Å². The molecule has 0 amide bonds. The Bertz CT molecular complexity index is 1120. The van der Waals surface area contributed by atoms with E-state index < -0.39 is 43.1 Å². The predicted molar refractivity (Wildman–Crippen MR) is 94.3 cm³/mol. The molecule has 0 fully saturated rings. The SMILES string of the molecule is NC1=NC(c2cc(-c3cc(-c4ccn(C(F)F)n4)no3)ccc2F)C[C@@H](C(F)(F)F)O1. The van der Waals surface area contributed by atoms with Crippen LogP contribution in [0, 0.1) is 5.82 Å². The van der Waals surface area contributed by atoms with Crippen LogP contribution in [0.15, 0.2) is 46.0 Å². The van der Waals surface area contributed by atoms with Crippen molar-refractivity contribution in [2.45, 2.75) is 31.3 Å². The van der Waals surface area contributed by atoms with Gasteiger partial charge in [0.1, 0.15) is 17.2 Å². The van der Waals surface area contributed by atoms with E-state index in [9.17, 15) is 26.3 Å². The number of ether oxygens (including phenoxy) is 1. The van der Waals surface area contributed by atoms with Gasteiger partial charge in [0.15, 0.2) is 11.9 Å². The lowest BCUT2D eigenvalue weighted by Crippen LogP contribution is -2.40. The number of amidine groups is 1. The third-order valence-electron chi connectivity index (χ3n) is 4.57. The number of rotatable bonds is 4. The molecule has 164 valence electrons. The number of hydrogen-bond donors (Lipinski definition) is 1. The molecule has 1 aromatic carbocycles. The van der Waals surface area contributed by atoms with Gasteiger partial charge in [0.2, 0.25) is 0 Å². The zero-order valence-corrected chi connectivity index (χ0v) is 15.4. The van der Waals surface area contributed by atoms with Gasteiger partial charge in [-0.2, -0.15) is 27.1 Å². The second kappa shape index (κ2) is 7.63. The highest BCUT2D eigenvalue weighted by atomic mass is 19.4. The summed E-state index contributed by atoms with van der Waals surface area (Å²) < 4.78 is 89.1. The molecule has 4 rings (SSSR count). The van der Waals surface area contributed by atoms with Crippen molar-refractivity contribution in [2.24, 2.45) is 10.7 Å². The second-order valence-electron chi connectivity index (χ2n) is 6.64. The lowest BCUT2D eigenvalue weighted by molar-refractivity contribution is -0.204. The van der Waals surface area contributed by atoms with Gasteiger partial charge in [0.05, 0.1) is 6.04 Å². The Morgan fingerprint density at radius 3 is 2.58 bits per heavy atom. The number of aliphatic imine (C=N–C) groups is 1. The second-order valence-corrected chi connectivity index (χ2v) is 6.64. The maximum absolute atomic E-state index is 14.4. The third kappa shape index (κ3) is 4.20. The van der Waals surface area contributed by atoms with Crippen molar-refractivity contribution in [2.75, 3.05) is 0 Å². The fourth-order valence-electron chi connectivity index (χ4n) is 3.10. The van der Waals surface area contributed by atoms with Crippen molar-refractivity contribution in [1.29, 1.82) is 0 Å². The highest BCUT2D eigenvalue weighted by Gasteiger charge is 2.46. The van der Waals surface area contributed by atoms with E-state index in [4.69, 9.17) is 10.3 Å². The molecule has 3 aromatic rings. The molecule has 0 bridgehead atoms. The lowest BCUT2D eigenvalue weighted by atomic mass is 9.97. The summed E-state index contributed by atoms with van der Waals surface area (Å²) in [7, 11) is 0. The van der Waals surface area contributed by atoms with Crippen LogP contribution in [0.3, 0.4) is 0 Å². The summed E-state index contributed by atoms with van der Waals surface area (Å²) in [4.78, 5) is 3.79. The number of benzene rings is 1. The van der Waals surface area contributed by atoms with E-state index in [-0.39, 0.29) is 28.3 Å². The Labute approximate surface area is 170 Å². The van der Waals surface area contributed by atoms with E-state index in [0.717, 1.165) is 12.3 Å². The average molecular weight is 445 g/mol. The van der Waals surface area contributed by atoms with E-state index in [1.807, 2.05) is 0 Å². The summed E-state index contributed by atoms with van der Waals surface area (Å²) >= 11 is 0. The molecule has 0 saturated heterocycles. The van der Waals surface area contributed by atoms with E-state index >= 15 is 0 Å². The van der Waals surface area contributed by atoms with Crippen LogP contribution in [0.25, 0.3) is 22.7 Å². The molecule has 7 nitrogen and oxygen atoms in total. The predicted octanol–water partition coefficient (Wildman–Crippen LogP) is 4.45. The van der Waals surface area contributed by atoms with Gasteiger partial charge in [0, 0.05) is 29.8 Å². The van der Waals surface area contributed by atoms with Gasteiger partial charge < -0.3 is 15.0 Å².